The van der Waals surface area contributed by atoms with E-state index in [4.69, 9.17) is 30.2 Å². The molecule has 9 N–H and O–H groups in total. The van der Waals surface area contributed by atoms with Gasteiger partial charge in [0.1, 0.15) is 23.0 Å². The second-order valence-corrected chi connectivity index (χ2v) is 12.0. The molecular weight excluding hydrogens is 705 g/mol. The minimum absolute atomic E-state index is 0.0254. The molecule has 0 fully saturated rings. The van der Waals surface area contributed by atoms with E-state index in [2.05, 4.69) is 32.7 Å². The molecule has 253 valence electrons. The number of aromatic hydroxyl groups is 4. The first-order valence-electron chi connectivity index (χ1n) is 15.2. The number of halogens is 1. The van der Waals surface area contributed by atoms with Crippen molar-refractivity contribution >= 4 is 59.9 Å². The topological polar surface area (TPSA) is 191 Å². The Bertz CT molecular complexity index is 1840. The molecule has 5 aromatic rings. The highest BCUT2D eigenvalue weighted by atomic mass is 79.9. The van der Waals surface area contributed by atoms with Crippen molar-refractivity contribution < 1.29 is 50.2 Å². The van der Waals surface area contributed by atoms with E-state index in [1.54, 1.807) is 60.7 Å². The Balaban J connectivity index is 0.000000204. The standard InChI is InChI=1S/C24H20O3.C6H8B3O6.C6H5BrO/c25-22-7-1-16(2-8-22)19-13-20(17-3-9-23(26)10-4-17)15-21(14-19)18-5-11-24(27)12-6-18;10-7-15-6-2-4(8(11)12)1-5(3-6)9(13)14;7-5-1-3-6(8)4-2-5/h1-14,20,25-27H,15H2;1-3,10-14H;1-4,8H. The predicted octanol–water partition coefficient (Wildman–Crippen LogP) is 3.56. The third kappa shape index (κ3) is 11.3. The number of hydrogen-bond donors (Lipinski definition) is 9. The molecule has 5 aromatic carbocycles. The van der Waals surface area contributed by atoms with E-state index in [9.17, 15) is 15.3 Å². The zero-order valence-electron chi connectivity index (χ0n) is 26.5. The molecule has 0 saturated heterocycles. The normalized spacial score (nSPS) is 13.3. The third-order valence-electron chi connectivity index (χ3n) is 7.47. The molecular formula is C36H33B3BrO10. The average Bonchev–Trinajstić information content (AvgIpc) is 3.11. The maximum Gasteiger partial charge on any atom is 0.569 e. The highest BCUT2D eigenvalue weighted by molar-refractivity contribution is 9.10. The van der Waals surface area contributed by atoms with Crippen LogP contribution in [-0.4, -0.2) is 67.5 Å². The lowest BCUT2D eigenvalue weighted by atomic mass is 9.73. The van der Waals surface area contributed by atoms with E-state index in [0.717, 1.165) is 33.2 Å². The molecule has 0 bridgehead atoms. The van der Waals surface area contributed by atoms with E-state index >= 15 is 0 Å². The van der Waals surface area contributed by atoms with Crippen molar-refractivity contribution in [2.24, 2.45) is 0 Å². The first-order valence-corrected chi connectivity index (χ1v) is 16.0. The molecule has 0 aliphatic heterocycles. The minimum Gasteiger partial charge on any atom is -0.537 e. The molecule has 0 saturated carbocycles. The Morgan fingerprint density at radius 3 is 1.48 bits per heavy atom. The van der Waals surface area contributed by atoms with E-state index in [1.807, 2.05) is 36.4 Å². The largest absolute Gasteiger partial charge is 0.569 e. The molecule has 1 atom stereocenters. The van der Waals surface area contributed by atoms with E-state index in [1.165, 1.54) is 23.8 Å². The molecule has 50 heavy (non-hydrogen) atoms. The van der Waals surface area contributed by atoms with Crippen molar-refractivity contribution in [2.45, 2.75) is 12.3 Å². The molecule has 0 amide bonds. The zero-order valence-corrected chi connectivity index (χ0v) is 28.0. The minimum atomic E-state index is -1.76. The zero-order chi connectivity index (χ0) is 36.2. The molecule has 0 aromatic heterocycles. The highest BCUT2D eigenvalue weighted by Crippen LogP contribution is 2.39. The smallest absolute Gasteiger partial charge is 0.537 e. The van der Waals surface area contributed by atoms with Gasteiger partial charge in [-0.25, -0.2) is 0 Å². The van der Waals surface area contributed by atoms with Gasteiger partial charge in [-0.05, 0) is 118 Å². The Kier molecular flexibility index (Phi) is 13.8. The van der Waals surface area contributed by atoms with Gasteiger partial charge in [0, 0.05) is 10.4 Å². The summed E-state index contributed by atoms with van der Waals surface area (Å²) in [5.74, 6) is 1.28. The van der Waals surface area contributed by atoms with E-state index < -0.39 is 14.2 Å². The molecule has 1 aliphatic carbocycles. The molecule has 1 radical (unpaired) electrons. The van der Waals surface area contributed by atoms with Crippen LogP contribution in [0.3, 0.4) is 0 Å². The van der Waals surface area contributed by atoms with Gasteiger partial charge < -0.3 is 50.2 Å². The van der Waals surface area contributed by atoms with Gasteiger partial charge in [0.2, 0.25) is 0 Å². The van der Waals surface area contributed by atoms with Gasteiger partial charge in [0.15, 0.2) is 0 Å². The SMILES string of the molecule is O[B]Oc1cc(B(O)O)cc(B(O)O)c1.Oc1ccc(Br)cc1.Oc1ccc(C2=CC(c3ccc(O)cc3)CC(c3ccc(O)cc3)=C2)cc1. The Morgan fingerprint density at radius 1 is 0.600 bits per heavy atom. The Hall–Kier alpha value is -4.95. The summed E-state index contributed by atoms with van der Waals surface area (Å²) in [7, 11) is -3.12. The van der Waals surface area contributed by atoms with Gasteiger partial charge in [0.05, 0.1) is 5.75 Å². The van der Waals surface area contributed by atoms with Crippen molar-refractivity contribution in [3.05, 3.63) is 149 Å². The van der Waals surface area contributed by atoms with Gasteiger partial charge in [-0.1, -0.05) is 70.5 Å². The van der Waals surface area contributed by atoms with Crippen molar-refractivity contribution in [1.82, 2.24) is 0 Å². The van der Waals surface area contributed by atoms with E-state index in [0.29, 0.717) is 13.4 Å². The summed E-state index contributed by atoms with van der Waals surface area (Å²) < 4.78 is 5.56. The Morgan fingerprint density at radius 2 is 1.04 bits per heavy atom. The van der Waals surface area contributed by atoms with Gasteiger partial charge in [-0.3, -0.25) is 0 Å². The third-order valence-corrected chi connectivity index (χ3v) is 8.00. The summed E-state index contributed by atoms with van der Waals surface area (Å²) in [6.45, 7) is 0. The monoisotopic (exact) mass is 737 g/mol. The first-order chi connectivity index (χ1) is 23.9. The highest BCUT2D eigenvalue weighted by Gasteiger charge is 2.20. The summed E-state index contributed by atoms with van der Waals surface area (Å²) in [6, 6.07) is 32.3. The maximum absolute atomic E-state index is 9.59. The average molecular weight is 738 g/mol. The molecule has 0 heterocycles. The van der Waals surface area contributed by atoms with Crippen LogP contribution in [0.4, 0.5) is 0 Å². The van der Waals surface area contributed by atoms with Crippen molar-refractivity contribution in [2.75, 3.05) is 0 Å². The molecule has 10 nitrogen and oxygen atoms in total. The van der Waals surface area contributed by atoms with Crippen LogP contribution in [0.25, 0.3) is 11.1 Å². The molecule has 1 aliphatic rings. The van der Waals surface area contributed by atoms with E-state index in [-0.39, 0.29) is 39.8 Å². The molecule has 6 rings (SSSR count). The number of phenolic OH excluding ortho intramolecular Hbond substituents is 4. The maximum atomic E-state index is 9.59. The van der Waals surface area contributed by atoms with Crippen LogP contribution in [0.1, 0.15) is 29.0 Å². The fraction of sp³-hybridized carbons (Fsp3) is 0.0556. The summed E-state index contributed by atoms with van der Waals surface area (Å²) in [5.41, 5.74) is 5.55. The van der Waals surface area contributed by atoms with Crippen LogP contribution in [-0.2, 0) is 0 Å². The van der Waals surface area contributed by atoms with Gasteiger partial charge >= 0.3 is 21.9 Å². The predicted molar refractivity (Wildman–Crippen MR) is 198 cm³/mol. The molecule has 1 unspecified atom stereocenters. The second kappa shape index (κ2) is 18.2. The lowest BCUT2D eigenvalue weighted by Gasteiger charge is -2.23. The summed E-state index contributed by atoms with van der Waals surface area (Å²) in [5, 5.41) is 81.4. The van der Waals surface area contributed by atoms with Crippen LogP contribution < -0.4 is 15.6 Å². The number of phenols is 4. The van der Waals surface area contributed by atoms with Crippen molar-refractivity contribution in [1.29, 1.82) is 0 Å². The summed E-state index contributed by atoms with van der Waals surface area (Å²) in [6.07, 6.45) is 5.22. The fourth-order valence-corrected chi connectivity index (χ4v) is 5.23. The molecule has 14 heteroatoms. The van der Waals surface area contributed by atoms with Crippen LogP contribution in [0.15, 0.2) is 132 Å². The van der Waals surface area contributed by atoms with Crippen LogP contribution in [0.5, 0.6) is 28.7 Å². The number of benzene rings is 5. The number of hydrogen-bond acceptors (Lipinski definition) is 10. The first kappa shape index (κ1) is 37.9. The number of rotatable bonds is 7. The quantitative estimate of drug-likeness (QED) is 0.112. The summed E-state index contributed by atoms with van der Waals surface area (Å²) >= 11 is 3.23. The lowest BCUT2D eigenvalue weighted by Crippen LogP contribution is -2.38. The Labute approximate surface area is 298 Å². The van der Waals surface area contributed by atoms with Crippen molar-refractivity contribution in [3.8, 4) is 28.7 Å². The van der Waals surface area contributed by atoms with Gasteiger partial charge in [0.25, 0.3) is 0 Å². The van der Waals surface area contributed by atoms with Crippen LogP contribution in [0, 0.1) is 0 Å². The van der Waals surface area contributed by atoms with Crippen molar-refractivity contribution in [3.63, 3.8) is 0 Å². The van der Waals surface area contributed by atoms with Gasteiger partial charge in [-0.15, -0.1) is 0 Å². The van der Waals surface area contributed by atoms with Gasteiger partial charge in [-0.2, -0.15) is 0 Å². The lowest BCUT2D eigenvalue weighted by molar-refractivity contribution is 0.423. The summed E-state index contributed by atoms with van der Waals surface area (Å²) in [4.78, 5) is 0. The fourth-order valence-electron chi connectivity index (χ4n) is 4.97. The molecule has 0 spiro atoms. The van der Waals surface area contributed by atoms with Crippen LogP contribution in [0.2, 0.25) is 0 Å². The van der Waals surface area contributed by atoms with Crippen LogP contribution >= 0.6 is 15.9 Å². The second-order valence-electron chi connectivity index (χ2n) is 11.1. The number of allylic oxidation sites excluding steroid dienone is 4.